The molecule has 0 aliphatic rings. The lowest BCUT2D eigenvalue weighted by atomic mass is 9.95. The van der Waals surface area contributed by atoms with Crippen molar-refractivity contribution in [2.45, 2.75) is 13.0 Å². The van der Waals surface area contributed by atoms with Crippen LogP contribution >= 0.6 is 0 Å². The number of nitrogens with one attached hydrogen (secondary N) is 1. The molecule has 0 saturated carbocycles. The van der Waals surface area contributed by atoms with E-state index in [2.05, 4.69) is 15.3 Å². The zero-order valence-corrected chi connectivity index (χ0v) is 14.7. The van der Waals surface area contributed by atoms with Gasteiger partial charge in [0.05, 0.1) is 6.04 Å². The summed E-state index contributed by atoms with van der Waals surface area (Å²) in [6.07, 6.45) is 3.32. The number of pyridine rings is 2. The maximum atomic E-state index is 14.6. The van der Waals surface area contributed by atoms with Crippen molar-refractivity contribution in [2.75, 3.05) is 5.32 Å². The lowest BCUT2D eigenvalue weighted by Gasteiger charge is -2.22. The number of benzene rings is 2. The van der Waals surface area contributed by atoms with E-state index in [4.69, 9.17) is 0 Å². The largest absolute Gasteiger partial charge is 0.505 e. The smallest absolute Gasteiger partial charge is 0.147 e. The molecule has 0 bridgehead atoms. The Balaban J connectivity index is 1.88. The van der Waals surface area contributed by atoms with Crippen LogP contribution in [0.2, 0.25) is 0 Å². The van der Waals surface area contributed by atoms with Crippen LogP contribution in [0.5, 0.6) is 5.75 Å². The third-order valence-electron chi connectivity index (χ3n) is 4.51. The fraction of sp³-hybridized carbons (Fsp3) is 0.0909. The lowest BCUT2D eigenvalue weighted by Crippen LogP contribution is -2.15. The molecular formula is C22H18FN3O. The van der Waals surface area contributed by atoms with Crippen molar-refractivity contribution < 1.29 is 9.50 Å². The van der Waals surface area contributed by atoms with Crippen LogP contribution < -0.4 is 5.32 Å². The molecule has 0 saturated heterocycles. The zero-order chi connectivity index (χ0) is 18.8. The lowest BCUT2D eigenvalue weighted by molar-refractivity contribution is 0.471. The van der Waals surface area contributed by atoms with E-state index < -0.39 is 6.04 Å². The Bertz CT molecular complexity index is 1110. The second-order valence-corrected chi connectivity index (χ2v) is 6.40. The molecule has 0 aliphatic carbocycles. The first-order chi connectivity index (χ1) is 13.1. The number of phenols is 1. The van der Waals surface area contributed by atoms with E-state index in [-0.39, 0.29) is 11.6 Å². The molecule has 0 unspecified atom stereocenters. The minimum Gasteiger partial charge on any atom is -0.505 e. The molecule has 0 radical (unpaired) electrons. The maximum absolute atomic E-state index is 14.6. The number of aryl methyl sites for hydroxylation is 1. The Morgan fingerprint density at radius 3 is 2.59 bits per heavy atom. The second kappa shape index (κ2) is 7.03. The Labute approximate surface area is 156 Å². The van der Waals surface area contributed by atoms with Gasteiger partial charge >= 0.3 is 0 Å². The average molecular weight is 359 g/mol. The van der Waals surface area contributed by atoms with Gasteiger partial charge in [-0.2, -0.15) is 0 Å². The van der Waals surface area contributed by atoms with Crippen LogP contribution in [0, 0.1) is 12.7 Å². The van der Waals surface area contributed by atoms with Gasteiger partial charge in [0.2, 0.25) is 0 Å². The second-order valence-electron chi connectivity index (χ2n) is 6.40. The van der Waals surface area contributed by atoms with E-state index in [9.17, 15) is 9.50 Å². The number of hydrogen-bond donors (Lipinski definition) is 2. The van der Waals surface area contributed by atoms with Gasteiger partial charge in [-0.1, -0.05) is 36.4 Å². The quantitative estimate of drug-likeness (QED) is 0.539. The van der Waals surface area contributed by atoms with Gasteiger partial charge in [-0.25, -0.2) is 9.37 Å². The number of rotatable bonds is 4. The van der Waals surface area contributed by atoms with Gasteiger partial charge in [-0.05, 0) is 36.8 Å². The molecule has 0 aliphatic heterocycles. The van der Waals surface area contributed by atoms with Crippen molar-refractivity contribution in [1.82, 2.24) is 9.97 Å². The van der Waals surface area contributed by atoms with Crippen LogP contribution in [0.1, 0.15) is 22.7 Å². The summed E-state index contributed by atoms with van der Waals surface area (Å²) in [6, 6.07) is 17.0. The van der Waals surface area contributed by atoms with E-state index >= 15 is 0 Å². The molecule has 0 spiro atoms. The van der Waals surface area contributed by atoms with Crippen LogP contribution in [0.25, 0.3) is 10.9 Å². The first-order valence-corrected chi connectivity index (χ1v) is 8.63. The molecule has 2 aromatic heterocycles. The first-order valence-electron chi connectivity index (χ1n) is 8.63. The Morgan fingerprint density at radius 1 is 0.926 bits per heavy atom. The van der Waals surface area contributed by atoms with Gasteiger partial charge < -0.3 is 10.4 Å². The minimum atomic E-state index is -0.619. The third kappa shape index (κ3) is 3.31. The van der Waals surface area contributed by atoms with Crippen LogP contribution in [-0.4, -0.2) is 15.1 Å². The van der Waals surface area contributed by atoms with E-state index in [1.807, 2.05) is 37.3 Å². The number of nitrogens with zero attached hydrogens (tertiary/aromatic N) is 2. The summed E-state index contributed by atoms with van der Waals surface area (Å²) in [7, 11) is 0. The Kier molecular flexibility index (Phi) is 4.42. The van der Waals surface area contributed by atoms with Gasteiger partial charge in [0.25, 0.3) is 0 Å². The molecule has 0 amide bonds. The molecule has 4 aromatic rings. The predicted octanol–water partition coefficient (Wildman–Crippen LogP) is 4.98. The average Bonchev–Trinajstić information content (AvgIpc) is 2.68. The number of halogens is 1. The first kappa shape index (κ1) is 17.0. The molecule has 5 heteroatoms. The van der Waals surface area contributed by atoms with Gasteiger partial charge in [-0.3, -0.25) is 4.98 Å². The molecule has 2 heterocycles. The van der Waals surface area contributed by atoms with E-state index in [1.165, 1.54) is 6.07 Å². The fourth-order valence-corrected chi connectivity index (χ4v) is 3.17. The molecule has 4 rings (SSSR count). The van der Waals surface area contributed by atoms with Crippen molar-refractivity contribution in [3.05, 3.63) is 95.6 Å². The molecule has 27 heavy (non-hydrogen) atoms. The summed E-state index contributed by atoms with van der Waals surface area (Å²) >= 11 is 0. The fourth-order valence-electron chi connectivity index (χ4n) is 3.17. The number of aromatic nitrogens is 2. The molecular weight excluding hydrogens is 341 g/mol. The highest BCUT2D eigenvalue weighted by molar-refractivity contribution is 5.86. The van der Waals surface area contributed by atoms with Crippen molar-refractivity contribution in [1.29, 1.82) is 0 Å². The van der Waals surface area contributed by atoms with Gasteiger partial charge in [-0.15, -0.1) is 0 Å². The predicted molar refractivity (Wildman–Crippen MR) is 104 cm³/mol. The van der Waals surface area contributed by atoms with Crippen molar-refractivity contribution >= 4 is 16.7 Å². The monoisotopic (exact) mass is 359 g/mol. The molecule has 0 fully saturated rings. The molecule has 2 aromatic carbocycles. The summed E-state index contributed by atoms with van der Waals surface area (Å²) in [4.78, 5) is 8.60. The summed E-state index contributed by atoms with van der Waals surface area (Å²) in [5.74, 6) is 0.272. The van der Waals surface area contributed by atoms with E-state index in [1.54, 1.807) is 36.7 Å². The summed E-state index contributed by atoms with van der Waals surface area (Å²) in [5, 5.41) is 14.9. The van der Waals surface area contributed by atoms with Crippen molar-refractivity contribution in [3.63, 3.8) is 0 Å². The SMILES string of the molecule is Cc1ccnc(N[C@H](c2ccccc2F)c2ccc3cccnc3c2O)c1. The highest BCUT2D eigenvalue weighted by Gasteiger charge is 2.22. The molecule has 4 nitrogen and oxygen atoms in total. The number of phenolic OH excluding ortho intramolecular Hbond substituents is 1. The maximum Gasteiger partial charge on any atom is 0.147 e. The van der Waals surface area contributed by atoms with Gasteiger partial charge in [0.1, 0.15) is 22.9 Å². The third-order valence-corrected chi connectivity index (χ3v) is 4.51. The van der Waals surface area contributed by atoms with Crippen molar-refractivity contribution in [2.24, 2.45) is 0 Å². The molecule has 1 atom stereocenters. The van der Waals surface area contributed by atoms with Crippen LogP contribution in [0.4, 0.5) is 10.2 Å². The van der Waals surface area contributed by atoms with E-state index in [0.717, 1.165) is 10.9 Å². The van der Waals surface area contributed by atoms with Gasteiger partial charge in [0, 0.05) is 28.9 Å². The summed E-state index contributed by atoms with van der Waals surface area (Å²) < 4.78 is 14.6. The highest BCUT2D eigenvalue weighted by Crippen LogP contribution is 2.36. The van der Waals surface area contributed by atoms with Crippen LogP contribution in [0.3, 0.4) is 0 Å². The summed E-state index contributed by atoms with van der Waals surface area (Å²) in [6.45, 7) is 1.96. The van der Waals surface area contributed by atoms with Crippen molar-refractivity contribution in [3.8, 4) is 5.75 Å². The molecule has 134 valence electrons. The standard InChI is InChI=1S/C22H18FN3O/c1-14-10-12-24-19(13-14)26-21(16-6-2-3-7-18(16)23)17-9-8-15-5-4-11-25-20(15)22(17)27/h2-13,21,27H,1H3,(H,24,26)/t21-/m1/s1. The normalized spacial score (nSPS) is 12.1. The number of aromatic hydroxyl groups is 1. The molecule has 2 N–H and O–H groups in total. The number of hydrogen-bond acceptors (Lipinski definition) is 4. The van der Waals surface area contributed by atoms with Crippen LogP contribution in [0.15, 0.2) is 73.1 Å². The summed E-state index contributed by atoms with van der Waals surface area (Å²) in [5.41, 5.74) is 2.47. The topological polar surface area (TPSA) is 58.0 Å². The Hall–Kier alpha value is -3.47. The van der Waals surface area contributed by atoms with Gasteiger partial charge in [0.15, 0.2) is 0 Å². The highest BCUT2D eigenvalue weighted by atomic mass is 19.1. The zero-order valence-electron chi connectivity index (χ0n) is 14.7. The Morgan fingerprint density at radius 2 is 1.78 bits per heavy atom. The number of anilines is 1. The van der Waals surface area contributed by atoms with Crippen LogP contribution in [-0.2, 0) is 0 Å². The van der Waals surface area contributed by atoms with E-state index in [0.29, 0.717) is 22.5 Å². The number of fused-ring (bicyclic) bond motifs is 1. The minimum absolute atomic E-state index is 0.0292.